The van der Waals surface area contributed by atoms with Gasteiger partial charge in [-0.2, -0.15) is 0 Å². The first-order valence-corrected chi connectivity index (χ1v) is 8.40. The number of carbonyl (C=O) groups excluding carboxylic acids is 2. The minimum Gasteiger partial charge on any atom is -0.459 e. The topological polar surface area (TPSA) is 97.1 Å². The van der Waals surface area contributed by atoms with Crippen LogP contribution in [-0.2, 0) is 4.79 Å². The third-order valence-corrected chi connectivity index (χ3v) is 4.33. The number of furan rings is 1. The maximum atomic E-state index is 12.2. The van der Waals surface area contributed by atoms with E-state index >= 15 is 0 Å². The van der Waals surface area contributed by atoms with Crippen molar-refractivity contribution in [3.63, 3.8) is 0 Å². The Morgan fingerprint density at radius 2 is 1.92 bits per heavy atom. The van der Waals surface area contributed by atoms with E-state index in [1.807, 2.05) is 31.2 Å². The zero-order chi connectivity index (χ0) is 17.8. The van der Waals surface area contributed by atoms with Crippen LogP contribution in [-0.4, -0.2) is 28.1 Å². The standard InChI is InChI=1S/C17H16N4O3S/c1-10-5-7-12(8-6-10)16-20-21-17(25-16)19-14(22)11(2)18-15(23)13-4-3-9-24-13/h3-9,11H,1-2H3,(H,18,23)(H,19,21,22). The summed E-state index contributed by atoms with van der Waals surface area (Å²) >= 11 is 1.27. The third-order valence-electron chi connectivity index (χ3n) is 3.44. The number of aryl methyl sites for hydroxylation is 1. The molecule has 0 aliphatic carbocycles. The summed E-state index contributed by atoms with van der Waals surface area (Å²) in [4.78, 5) is 24.1. The molecule has 2 heterocycles. The van der Waals surface area contributed by atoms with E-state index in [1.165, 1.54) is 23.7 Å². The van der Waals surface area contributed by atoms with Gasteiger partial charge in [-0.05, 0) is 26.0 Å². The predicted molar refractivity (Wildman–Crippen MR) is 94.3 cm³/mol. The second-order valence-electron chi connectivity index (χ2n) is 5.44. The molecule has 2 amide bonds. The van der Waals surface area contributed by atoms with E-state index in [0.29, 0.717) is 10.1 Å². The van der Waals surface area contributed by atoms with Crippen molar-refractivity contribution in [3.8, 4) is 10.6 Å². The van der Waals surface area contributed by atoms with Crippen LogP contribution in [0.5, 0.6) is 0 Å². The predicted octanol–water partition coefficient (Wildman–Crippen LogP) is 2.86. The molecule has 0 saturated heterocycles. The summed E-state index contributed by atoms with van der Waals surface area (Å²) in [7, 11) is 0. The smallest absolute Gasteiger partial charge is 0.287 e. The molecule has 1 unspecified atom stereocenters. The molecule has 2 aromatic heterocycles. The summed E-state index contributed by atoms with van der Waals surface area (Å²) in [6.45, 7) is 3.59. The zero-order valence-corrected chi connectivity index (χ0v) is 14.5. The highest BCUT2D eigenvalue weighted by molar-refractivity contribution is 7.18. The van der Waals surface area contributed by atoms with Crippen LogP contribution >= 0.6 is 11.3 Å². The summed E-state index contributed by atoms with van der Waals surface area (Å²) in [5, 5.41) is 14.4. The lowest BCUT2D eigenvalue weighted by molar-refractivity contribution is -0.117. The van der Waals surface area contributed by atoms with Crippen LogP contribution in [0.15, 0.2) is 47.1 Å². The van der Waals surface area contributed by atoms with E-state index in [9.17, 15) is 9.59 Å². The first kappa shape index (κ1) is 16.8. The Kier molecular flexibility index (Phi) is 4.90. The highest BCUT2D eigenvalue weighted by atomic mass is 32.1. The van der Waals surface area contributed by atoms with E-state index in [4.69, 9.17) is 4.42 Å². The van der Waals surface area contributed by atoms with Crippen molar-refractivity contribution in [2.75, 3.05) is 5.32 Å². The summed E-state index contributed by atoms with van der Waals surface area (Å²) in [5.41, 5.74) is 2.09. The second-order valence-corrected chi connectivity index (χ2v) is 6.42. The molecular formula is C17H16N4O3S. The van der Waals surface area contributed by atoms with Gasteiger partial charge in [0.2, 0.25) is 11.0 Å². The van der Waals surface area contributed by atoms with Crippen molar-refractivity contribution in [3.05, 3.63) is 54.0 Å². The SMILES string of the molecule is Cc1ccc(-c2nnc(NC(=O)C(C)NC(=O)c3ccco3)s2)cc1. The van der Waals surface area contributed by atoms with Gasteiger partial charge in [0.1, 0.15) is 11.0 Å². The Morgan fingerprint density at radius 3 is 2.60 bits per heavy atom. The highest BCUT2D eigenvalue weighted by Gasteiger charge is 2.19. The zero-order valence-electron chi connectivity index (χ0n) is 13.6. The van der Waals surface area contributed by atoms with Gasteiger partial charge in [0.25, 0.3) is 5.91 Å². The van der Waals surface area contributed by atoms with Crippen LogP contribution < -0.4 is 10.6 Å². The molecule has 1 aromatic carbocycles. The van der Waals surface area contributed by atoms with Crippen molar-refractivity contribution in [2.45, 2.75) is 19.9 Å². The van der Waals surface area contributed by atoms with E-state index in [-0.39, 0.29) is 11.7 Å². The normalized spacial score (nSPS) is 11.8. The molecule has 0 aliphatic heterocycles. The van der Waals surface area contributed by atoms with Crippen LogP contribution in [0.25, 0.3) is 10.6 Å². The molecule has 8 heteroatoms. The van der Waals surface area contributed by atoms with Crippen LogP contribution in [0.3, 0.4) is 0 Å². The molecule has 0 bridgehead atoms. The van der Waals surface area contributed by atoms with Crippen LogP contribution in [0, 0.1) is 6.92 Å². The van der Waals surface area contributed by atoms with Crippen molar-refractivity contribution >= 4 is 28.3 Å². The fourth-order valence-electron chi connectivity index (χ4n) is 2.04. The molecule has 0 fully saturated rings. The Hall–Kier alpha value is -3.00. The van der Waals surface area contributed by atoms with Gasteiger partial charge in [0.15, 0.2) is 5.76 Å². The van der Waals surface area contributed by atoms with E-state index in [1.54, 1.807) is 13.0 Å². The van der Waals surface area contributed by atoms with E-state index < -0.39 is 11.9 Å². The molecule has 0 radical (unpaired) electrons. The Bertz CT molecular complexity index is 872. The summed E-state index contributed by atoms with van der Waals surface area (Å²) in [6, 6.07) is 10.3. The minimum absolute atomic E-state index is 0.150. The number of amides is 2. The first-order valence-electron chi connectivity index (χ1n) is 7.58. The van der Waals surface area contributed by atoms with E-state index in [0.717, 1.165) is 11.1 Å². The van der Waals surface area contributed by atoms with Crippen LogP contribution in [0.2, 0.25) is 0 Å². The summed E-state index contributed by atoms with van der Waals surface area (Å²) in [5.74, 6) is -0.686. The average Bonchev–Trinajstić information content (AvgIpc) is 3.27. The van der Waals surface area contributed by atoms with Gasteiger partial charge in [-0.15, -0.1) is 10.2 Å². The van der Waals surface area contributed by atoms with Crippen LogP contribution in [0.4, 0.5) is 5.13 Å². The number of hydrogen-bond acceptors (Lipinski definition) is 6. The quantitative estimate of drug-likeness (QED) is 0.733. The lowest BCUT2D eigenvalue weighted by atomic mass is 10.2. The molecule has 2 N–H and O–H groups in total. The molecule has 128 valence electrons. The molecule has 1 atom stereocenters. The van der Waals surface area contributed by atoms with Crippen LogP contribution in [0.1, 0.15) is 23.0 Å². The molecule has 3 rings (SSSR count). The summed E-state index contributed by atoms with van der Waals surface area (Å²) in [6.07, 6.45) is 1.40. The maximum Gasteiger partial charge on any atom is 0.287 e. The molecule has 0 spiro atoms. The van der Waals surface area contributed by atoms with Gasteiger partial charge >= 0.3 is 0 Å². The number of carbonyl (C=O) groups is 2. The van der Waals surface area contributed by atoms with Gasteiger partial charge < -0.3 is 9.73 Å². The molecule has 0 aliphatic rings. The van der Waals surface area contributed by atoms with Crippen molar-refractivity contribution in [1.29, 1.82) is 0 Å². The minimum atomic E-state index is -0.746. The fraction of sp³-hybridized carbons (Fsp3) is 0.176. The van der Waals surface area contributed by atoms with Gasteiger partial charge in [0.05, 0.1) is 6.26 Å². The monoisotopic (exact) mass is 356 g/mol. The third kappa shape index (κ3) is 4.10. The molecular weight excluding hydrogens is 340 g/mol. The maximum absolute atomic E-state index is 12.2. The Morgan fingerprint density at radius 1 is 1.16 bits per heavy atom. The fourth-order valence-corrected chi connectivity index (χ4v) is 2.79. The van der Waals surface area contributed by atoms with Crippen molar-refractivity contribution in [1.82, 2.24) is 15.5 Å². The molecule has 7 nitrogen and oxygen atoms in total. The largest absolute Gasteiger partial charge is 0.459 e. The first-order chi connectivity index (χ1) is 12.0. The molecule has 25 heavy (non-hydrogen) atoms. The number of benzene rings is 1. The average molecular weight is 356 g/mol. The number of hydrogen-bond donors (Lipinski definition) is 2. The summed E-state index contributed by atoms with van der Waals surface area (Å²) < 4.78 is 4.99. The van der Waals surface area contributed by atoms with Gasteiger partial charge in [-0.25, -0.2) is 0 Å². The highest BCUT2D eigenvalue weighted by Crippen LogP contribution is 2.26. The number of nitrogens with one attached hydrogen (secondary N) is 2. The number of aromatic nitrogens is 2. The van der Waals surface area contributed by atoms with E-state index in [2.05, 4.69) is 20.8 Å². The number of rotatable bonds is 5. The number of nitrogens with zero attached hydrogens (tertiary/aromatic N) is 2. The van der Waals surface area contributed by atoms with Gasteiger partial charge in [-0.3, -0.25) is 14.9 Å². The van der Waals surface area contributed by atoms with Gasteiger partial charge in [0, 0.05) is 5.56 Å². The number of anilines is 1. The van der Waals surface area contributed by atoms with Crippen molar-refractivity contribution in [2.24, 2.45) is 0 Å². The molecule has 0 saturated carbocycles. The lowest BCUT2D eigenvalue weighted by Gasteiger charge is -2.11. The Balaban J connectivity index is 1.61. The van der Waals surface area contributed by atoms with Gasteiger partial charge in [-0.1, -0.05) is 41.2 Å². The molecule has 3 aromatic rings. The Labute approximate surface area is 148 Å². The lowest BCUT2D eigenvalue weighted by Crippen LogP contribution is -2.41. The second kappa shape index (κ2) is 7.27. The van der Waals surface area contributed by atoms with Crippen molar-refractivity contribution < 1.29 is 14.0 Å².